The Balaban J connectivity index is 2.41. The van der Waals surface area contributed by atoms with Gasteiger partial charge in [-0.25, -0.2) is 4.98 Å². The number of nitrogens with one attached hydrogen (secondary N) is 2. The Kier molecular flexibility index (Phi) is 6.49. The molecular weight excluding hydrogens is 248 g/mol. The van der Waals surface area contributed by atoms with E-state index in [-0.39, 0.29) is 11.4 Å². The Labute approximate surface area is 111 Å². The summed E-state index contributed by atoms with van der Waals surface area (Å²) in [5, 5.41) is 7.80. The normalized spacial score (nSPS) is 10.5. The lowest BCUT2D eigenvalue weighted by Gasteiger charge is -2.03. The van der Waals surface area contributed by atoms with E-state index in [1.54, 1.807) is 17.8 Å². The number of amidine groups is 1. The fourth-order valence-electron chi connectivity index (χ4n) is 1.52. The van der Waals surface area contributed by atoms with Crippen LogP contribution in [-0.4, -0.2) is 21.6 Å². The number of aromatic nitrogens is 2. The standard InChI is InChI=1S/C12H20N4OS/c1-2-5-9-8-11(17)16-12(15-9)18-7-4-3-6-10(13)14/h8H,2-7H2,1H3,(H3,13,14)(H,15,16,17). The lowest BCUT2D eigenvalue weighted by molar-refractivity contribution is 0.808. The van der Waals surface area contributed by atoms with Gasteiger partial charge in [0.15, 0.2) is 5.16 Å². The molecule has 0 aliphatic heterocycles. The van der Waals surface area contributed by atoms with Crippen molar-refractivity contribution in [3.63, 3.8) is 0 Å². The number of unbranched alkanes of at least 4 members (excludes halogenated alkanes) is 1. The molecule has 0 fully saturated rings. The fraction of sp³-hybridized carbons (Fsp3) is 0.583. The maximum absolute atomic E-state index is 11.4. The molecule has 0 aromatic carbocycles. The maximum Gasteiger partial charge on any atom is 0.251 e. The van der Waals surface area contributed by atoms with E-state index < -0.39 is 0 Å². The highest BCUT2D eigenvalue weighted by Crippen LogP contribution is 2.14. The van der Waals surface area contributed by atoms with Crippen LogP contribution in [0.1, 0.15) is 38.3 Å². The van der Waals surface area contributed by atoms with Crippen LogP contribution in [-0.2, 0) is 6.42 Å². The lowest BCUT2D eigenvalue weighted by atomic mass is 10.2. The van der Waals surface area contributed by atoms with E-state index in [2.05, 4.69) is 16.9 Å². The summed E-state index contributed by atoms with van der Waals surface area (Å²) >= 11 is 1.55. The molecular formula is C12H20N4OS. The van der Waals surface area contributed by atoms with E-state index in [1.165, 1.54) is 0 Å². The molecule has 4 N–H and O–H groups in total. The average molecular weight is 268 g/mol. The number of nitrogens with two attached hydrogens (primary N) is 1. The minimum Gasteiger partial charge on any atom is -0.388 e. The van der Waals surface area contributed by atoms with Gasteiger partial charge >= 0.3 is 0 Å². The summed E-state index contributed by atoms with van der Waals surface area (Å²) in [6.07, 6.45) is 4.33. The minimum absolute atomic E-state index is 0.0836. The number of H-pyrrole nitrogens is 1. The SMILES string of the molecule is CCCc1cc(=O)[nH]c(SCCCCC(=N)N)n1. The number of aromatic amines is 1. The van der Waals surface area contributed by atoms with Gasteiger partial charge in [-0.1, -0.05) is 25.1 Å². The zero-order valence-electron chi connectivity index (χ0n) is 10.7. The van der Waals surface area contributed by atoms with Gasteiger partial charge in [-0.2, -0.15) is 0 Å². The summed E-state index contributed by atoms with van der Waals surface area (Å²) in [5.74, 6) is 1.11. The second-order valence-electron chi connectivity index (χ2n) is 4.12. The molecule has 1 aromatic rings. The van der Waals surface area contributed by atoms with Crippen LogP contribution in [0.5, 0.6) is 0 Å². The van der Waals surface area contributed by atoms with Crippen molar-refractivity contribution in [1.82, 2.24) is 9.97 Å². The van der Waals surface area contributed by atoms with Crippen molar-refractivity contribution < 1.29 is 0 Å². The number of aryl methyl sites for hydroxylation is 1. The molecule has 1 rings (SSSR count). The second kappa shape index (κ2) is 7.92. The Morgan fingerprint density at radius 2 is 2.33 bits per heavy atom. The summed E-state index contributed by atoms with van der Waals surface area (Å²) in [6, 6.07) is 1.56. The predicted molar refractivity (Wildman–Crippen MR) is 75.3 cm³/mol. The zero-order chi connectivity index (χ0) is 13.4. The van der Waals surface area contributed by atoms with Gasteiger partial charge in [0.1, 0.15) is 0 Å². The first kappa shape index (κ1) is 14.8. The van der Waals surface area contributed by atoms with E-state index >= 15 is 0 Å². The lowest BCUT2D eigenvalue weighted by Crippen LogP contribution is -2.10. The van der Waals surface area contributed by atoms with E-state index in [0.717, 1.165) is 37.1 Å². The molecule has 0 unspecified atom stereocenters. The maximum atomic E-state index is 11.4. The van der Waals surface area contributed by atoms with Gasteiger partial charge in [0.2, 0.25) is 0 Å². The highest BCUT2D eigenvalue weighted by atomic mass is 32.2. The molecule has 0 aliphatic carbocycles. The first-order chi connectivity index (χ1) is 8.61. The van der Waals surface area contributed by atoms with Gasteiger partial charge in [0, 0.05) is 23.9 Å². The number of rotatable bonds is 8. The van der Waals surface area contributed by atoms with Crippen molar-refractivity contribution in [2.75, 3.05) is 5.75 Å². The van der Waals surface area contributed by atoms with E-state index in [9.17, 15) is 4.79 Å². The molecule has 0 radical (unpaired) electrons. The van der Waals surface area contributed by atoms with E-state index in [0.29, 0.717) is 11.6 Å². The molecule has 0 bridgehead atoms. The molecule has 0 atom stereocenters. The first-order valence-corrected chi connectivity index (χ1v) is 7.16. The largest absolute Gasteiger partial charge is 0.388 e. The van der Waals surface area contributed by atoms with Crippen molar-refractivity contribution in [2.45, 2.75) is 44.2 Å². The third-order valence-corrected chi connectivity index (χ3v) is 3.32. The molecule has 0 saturated heterocycles. The van der Waals surface area contributed by atoms with Crippen LogP contribution in [0.25, 0.3) is 0 Å². The monoisotopic (exact) mass is 268 g/mol. The van der Waals surface area contributed by atoms with Crippen LogP contribution in [0, 0.1) is 5.41 Å². The Morgan fingerprint density at radius 1 is 1.56 bits per heavy atom. The highest BCUT2D eigenvalue weighted by Gasteiger charge is 2.01. The van der Waals surface area contributed by atoms with Crippen LogP contribution < -0.4 is 11.3 Å². The molecule has 1 aromatic heterocycles. The molecule has 6 heteroatoms. The quantitative estimate of drug-likeness (QED) is 0.221. The number of nitrogens with zero attached hydrogens (tertiary/aromatic N) is 1. The minimum atomic E-state index is -0.0836. The number of hydrogen-bond donors (Lipinski definition) is 3. The number of hydrogen-bond acceptors (Lipinski definition) is 4. The molecule has 100 valence electrons. The van der Waals surface area contributed by atoms with Crippen LogP contribution in [0.4, 0.5) is 0 Å². The van der Waals surface area contributed by atoms with Gasteiger partial charge < -0.3 is 10.7 Å². The molecule has 18 heavy (non-hydrogen) atoms. The van der Waals surface area contributed by atoms with Gasteiger partial charge in [0.05, 0.1) is 5.84 Å². The fourth-order valence-corrected chi connectivity index (χ4v) is 2.42. The Hall–Kier alpha value is -1.30. The molecule has 0 spiro atoms. The Bertz CT molecular complexity index is 444. The van der Waals surface area contributed by atoms with Crippen LogP contribution in [0.2, 0.25) is 0 Å². The summed E-state index contributed by atoms with van der Waals surface area (Å²) in [5.41, 5.74) is 6.05. The van der Waals surface area contributed by atoms with Gasteiger partial charge in [0.25, 0.3) is 5.56 Å². The zero-order valence-corrected chi connectivity index (χ0v) is 11.5. The average Bonchev–Trinajstić information content (AvgIpc) is 2.28. The van der Waals surface area contributed by atoms with E-state index in [1.807, 2.05) is 0 Å². The van der Waals surface area contributed by atoms with Crippen LogP contribution in [0.15, 0.2) is 16.0 Å². The summed E-state index contributed by atoms with van der Waals surface area (Å²) < 4.78 is 0. The first-order valence-electron chi connectivity index (χ1n) is 6.17. The van der Waals surface area contributed by atoms with Gasteiger partial charge in [-0.05, 0) is 19.3 Å². The summed E-state index contributed by atoms with van der Waals surface area (Å²) in [6.45, 7) is 2.07. The van der Waals surface area contributed by atoms with Crippen LogP contribution in [0.3, 0.4) is 0 Å². The van der Waals surface area contributed by atoms with Crippen molar-refractivity contribution in [3.8, 4) is 0 Å². The Morgan fingerprint density at radius 3 is 3.00 bits per heavy atom. The van der Waals surface area contributed by atoms with Crippen molar-refractivity contribution in [1.29, 1.82) is 5.41 Å². The molecule has 5 nitrogen and oxygen atoms in total. The van der Waals surface area contributed by atoms with Crippen molar-refractivity contribution in [2.24, 2.45) is 5.73 Å². The summed E-state index contributed by atoms with van der Waals surface area (Å²) in [4.78, 5) is 18.5. The highest BCUT2D eigenvalue weighted by molar-refractivity contribution is 7.99. The second-order valence-corrected chi connectivity index (χ2v) is 5.21. The number of thioether (sulfide) groups is 1. The molecule has 0 aliphatic rings. The summed E-state index contributed by atoms with van der Waals surface area (Å²) in [7, 11) is 0. The van der Waals surface area contributed by atoms with Crippen molar-refractivity contribution in [3.05, 3.63) is 22.1 Å². The van der Waals surface area contributed by atoms with Crippen molar-refractivity contribution >= 4 is 17.6 Å². The third-order valence-electron chi connectivity index (χ3n) is 2.36. The predicted octanol–water partition coefficient (Wildman–Crippen LogP) is 1.92. The molecule has 0 saturated carbocycles. The smallest absolute Gasteiger partial charge is 0.251 e. The van der Waals surface area contributed by atoms with E-state index in [4.69, 9.17) is 11.1 Å². The topological polar surface area (TPSA) is 95.6 Å². The van der Waals surface area contributed by atoms with Gasteiger partial charge in [-0.3, -0.25) is 10.2 Å². The van der Waals surface area contributed by atoms with Gasteiger partial charge in [-0.15, -0.1) is 0 Å². The molecule has 0 amide bonds. The van der Waals surface area contributed by atoms with Crippen LogP contribution >= 0.6 is 11.8 Å². The third kappa shape index (κ3) is 5.86. The molecule has 1 heterocycles.